The van der Waals surface area contributed by atoms with Crippen LogP contribution in [0.2, 0.25) is 5.02 Å². The summed E-state index contributed by atoms with van der Waals surface area (Å²) in [5.41, 5.74) is 3.65. The second-order valence-corrected chi connectivity index (χ2v) is 6.55. The number of carbonyl (C=O) groups excluding carboxylic acids is 2. The largest absolute Gasteiger partial charge is 0.482 e. The van der Waals surface area contributed by atoms with Crippen LogP contribution in [-0.2, 0) is 14.3 Å². The van der Waals surface area contributed by atoms with Crippen molar-refractivity contribution >= 4 is 29.2 Å². The lowest BCUT2D eigenvalue weighted by Crippen LogP contribution is -2.31. The molecule has 0 fully saturated rings. The average Bonchev–Trinajstić information content (AvgIpc) is 2.59. The van der Waals surface area contributed by atoms with Gasteiger partial charge in [0.2, 0.25) is 0 Å². The van der Waals surface area contributed by atoms with Gasteiger partial charge in [-0.15, -0.1) is 0 Å². The molecule has 5 nitrogen and oxygen atoms in total. The maximum absolute atomic E-state index is 12.2. The van der Waals surface area contributed by atoms with Gasteiger partial charge in [0.1, 0.15) is 5.75 Å². The Balaban J connectivity index is 1.86. The first-order valence-corrected chi connectivity index (χ1v) is 8.60. The summed E-state index contributed by atoms with van der Waals surface area (Å²) in [7, 11) is 0. The number of hydrogen-bond acceptors (Lipinski definition) is 4. The van der Waals surface area contributed by atoms with Gasteiger partial charge in [-0.2, -0.15) is 0 Å². The Morgan fingerprint density at radius 3 is 2.42 bits per heavy atom. The molecule has 6 heteroatoms. The van der Waals surface area contributed by atoms with Gasteiger partial charge in [-0.1, -0.05) is 23.7 Å². The molecule has 138 valence electrons. The van der Waals surface area contributed by atoms with Gasteiger partial charge in [-0.3, -0.25) is 4.79 Å². The molecule has 0 aliphatic heterocycles. The van der Waals surface area contributed by atoms with Crippen LogP contribution in [0.5, 0.6) is 5.75 Å². The summed E-state index contributed by atoms with van der Waals surface area (Å²) in [5.74, 6) is -0.472. The van der Waals surface area contributed by atoms with Crippen LogP contribution in [0.1, 0.15) is 23.6 Å². The van der Waals surface area contributed by atoms with E-state index in [0.717, 1.165) is 16.7 Å². The highest BCUT2D eigenvalue weighted by molar-refractivity contribution is 6.31. The second-order valence-electron chi connectivity index (χ2n) is 6.12. The van der Waals surface area contributed by atoms with E-state index in [0.29, 0.717) is 16.5 Å². The Morgan fingerprint density at radius 2 is 1.73 bits per heavy atom. The number of anilines is 1. The van der Waals surface area contributed by atoms with Gasteiger partial charge in [-0.25, -0.2) is 4.79 Å². The van der Waals surface area contributed by atoms with E-state index in [1.165, 1.54) is 6.92 Å². The van der Waals surface area contributed by atoms with E-state index in [9.17, 15) is 9.59 Å². The van der Waals surface area contributed by atoms with Crippen LogP contribution in [0.15, 0.2) is 36.4 Å². The summed E-state index contributed by atoms with van der Waals surface area (Å²) in [6, 6.07) is 10.7. The fourth-order valence-electron chi connectivity index (χ4n) is 2.19. The molecular formula is C20H22ClNO4. The molecule has 2 aromatic carbocycles. The maximum atomic E-state index is 12.2. The normalized spacial score (nSPS) is 11.6. The lowest BCUT2D eigenvalue weighted by atomic mass is 10.1. The molecule has 2 rings (SSSR count). The first-order chi connectivity index (χ1) is 12.3. The van der Waals surface area contributed by atoms with Gasteiger partial charge in [0.05, 0.1) is 0 Å². The molecule has 1 unspecified atom stereocenters. The van der Waals surface area contributed by atoms with Crippen molar-refractivity contribution in [2.24, 2.45) is 0 Å². The van der Waals surface area contributed by atoms with Gasteiger partial charge < -0.3 is 14.8 Å². The molecule has 0 saturated heterocycles. The fraction of sp³-hybridized carbons (Fsp3) is 0.300. The van der Waals surface area contributed by atoms with E-state index in [4.69, 9.17) is 21.1 Å². The van der Waals surface area contributed by atoms with Crippen LogP contribution in [0, 0.1) is 20.8 Å². The summed E-state index contributed by atoms with van der Waals surface area (Å²) < 4.78 is 10.5. The first kappa shape index (κ1) is 19.8. The van der Waals surface area contributed by atoms with Crippen LogP contribution >= 0.6 is 11.6 Å². The minimum absolute atomic E-state index is 0.268. The Morgan fingerprint density at radius 1 is 1.04 bits per heavy atom. The smallest absolute Gasteiger partial charge is 0.344 e. The third kappa shape index (κ3) is 5.49. The topological polar surface area (TPSA) is 64.6 Å². The molecule has 1 amide bonds. The van der Waals surface area contributed by atoms with Crippen LogP contribution < -0.4 is 10.1 Å². The molecule has 0 aromatic heterocycles. The lowest BCUT2D eigenvalue weighted by Gasteiger charge is -2.15. The van der Waals surface area contributed by atoms with Crippen LogP contribution in [0.25, 0.3) is 0 Å². The summed E-state index contributed by atoms with van der Waals surface area (Å²) in [5, 5.41) is 3.21. The molecule has 26 heavy (non-hydrogen) atoms. The van der Waals surface area contributed by atoms with Crippen molar-refractivity contribution in [1.29, 1.82) is 0 Å². The molecule has 0 heterocycles. The molecule has 1 N–H and O–H groups in total. The number of nitrogens with one attached hydrogen (secondary N) is 1. The number of halogens is 1. The zero-order valence-corrected chi connectivity index (χ0v) is 16.0. The highest BCUT2D eigenvalue weighted by Crippen LogP contribution is 2.20. The number of aryl methyl sites for hydroxylation is 3. The van der Waals surface area contributed by atoms with Crippen LogP contribution in [-0.4, -0.2) is 24.6 Å². The van der Waals surface area contributed by atoms with Gasteiger partial charge in [-0.05, 0) is 68.7 Å². The standard InChI is InChI=1S/C20H22ClNO4/c1-12-6-8-17(9-14(12)3)25-11-19(23)26-15(4)20(24)22-18-10-16(21)7-5-13(18)2/h5-10,15H,11H2,1-4H3,(H,22,24). The Labute approximate surface area is 158 Å². The molecule has 0 aliphatic rings. The van der Waals surface area contributed by atoms with E-state index < -0.39 is 18.0 Å². The van der Waals surface area contributed by atoms with Crippen LogP contribution in [0.3, 0.4) is 0 Å². The number of esters is 1. The number of carbonyl (C=O) groups is 2. The van der Waals surface area contributed by atoms with Crippen molar-refractivity contribution in [2.75, 3.05) is 11.9 Å². The van der Waals surface area contributed by atoms with Crippen molar-refractivity contribution in [1.82, 2.24) is 0 Å². The third-order valence-corrected chi connectivity index (χ3v) is 4.21. The van der Waals surface area contributed by atoms with Crippen molar-refractivity contribution in [2.45, 2.75) is 33.8 Å². The van der Waals surface area contributed by atoms with Crippen molar-refractivity contribution < 1.29 is 19.1 Å². The van der Waals surface area contributed by atoms with E-state index in [1.807, 2.05) is 32.9 Å². The quantitative estimate of drug-likeness (QED) is 0.768. The average molecular weight is 376 g/mol. The Hall–Kier alpha value is -2.53. The first-order valence-electron chi connectivity index (χ1n) is 8.23. The molecule has 0 saturated carbocycles. The van der Waals surface area contributed by atoms with E-state index in [1.54, 1.807) is 24.3 Å². The zero-order valence-electron chi connectivity index (χ0n) is 15.3. The number of ether oxygens (including phenoxy) is 2. The molecule has 0 spiro atoms. The zero-order chi connectivity index (χ0) is 19.3. The number of rotatable bonds is 6. The Bertz CT molecular complexity index is 819. The van der Waals surface area contributed by atoms with Crippen molar-refractivity contribution in [3.8, 4) is 5.75 Å². The van der Waals surface area contributed by atoms with Gasteiger partial charge in [0, 0.05) is 10.7 Å². The highest BCUT2D eigenvalue weighted by atomic mass is 35.5. The van der Waals surface area contributed by atoms with Gasteiger partial charge >= 0.3 is 5.97 Å². The monoisotopic (exact) mass is 375 g/mol. The molecule has 0 aliphatic carbocycles. The van der Waals surface area contributed by atoms with Crippen molar-refractivity contribution in [3.05, 3.63) is 58.1 Å². The SMILES string of the molecule is Cc1ccc(OCC(=O)OC(C)C(=O)Nc2cc(Cl)ccc2C)cc1C. The summed E-state index contributed by atoms with van der Waals surface area (Å²) >= 11 is 5.93. The summed E-state index contributed by atoms with van der Waals surface area (Å²) in [6.45, 7) is 7.04. The Kier molecular flexibility index (Phi) is 6.64. The minimum atomic E-state index is -0.954. The number of hydrogen-bond donors (Lipinski definition) is 1. The van der Waals surface area contributed by atoms with Crippen LogP contribution in [0.4, 0.5) is 5.69 Å². The molecule has 0 bridgehead atoms. The van der Waals surface area contributed by atoms with Crippen molar-refractivity contribution in [3.63, 3.8) is 0 Å². The predicted molar refractivity (Wildman–Crippen MR) is 102 cm³/mol. The van der Waals surface area contributed by atoms with Gasteiger partial charge in [0.15, 0.2) is 12.7 Å². The number of amides is 1. The van der Waals surface area contributed by atoms with E-state index in [-0.39, 0.29) is 6.61 Å². The molecule has 2 aromatic rings. The highest BCUT2D eigenvalue weighted by Gasteiger charge is 2.19. The number of benzene rings is 2. The third-order valence-electron chi connectivity index (χ3n) is 3.97. The fourth-order valence-corrected chi connectivity index (χ4v) is 2.37. The van der Waals surface area contributed by atoms with E-state index in [2.05, 4.69) is 5.32 Å². The minimum Gasteiger partial charge on any atom is -0.482 e. The maximum Gasteiger partial charge on any atom is 0.344 e. The predicted octanol–water partition coefficient (Wildman–Crippen LogP) is 4.21. The second kappa shape index (κ2) is 8.72. The molecule has 0 radical (unpaired) electrons. The molecular weight excluding hydrogens is 354 g/mol. The summed E-state index contributed by atoms with van der Waals surface area (Å²) in [6.07, 6.45) is -0.954. The van der Waals surface area contributed by atoms with Gasteiger partial charge in [0.25, 0.3) is 5.91 Å². The summed E-state index contributed by atoms with van der Waals surface area (Å²) in [4.78, 5) is 24.1. The van der Waals surface area contributed by atoms with E-state index >= 15 is 0 Å². The molecule has 1 atom stereocenters. The lowest BCUT2D eigenvalue weighted by molar-refractivity contribution is -0.155.